The zero-order valence-electron chi connectivity index (χ0n) is 10.8. The zero-order valence-corrected chi connectivity index (χ0v) is 12.4. The number of nitrogens with zero attached hydrogens (tertiary/aromatic N) is 1. The maximum absolute atomic E-state index is 12.4. The highest BCUT2D eigenvalue weighted by Gasteiger charge is 2.46. The van der Waals surface area contributed by atoms with E-state index in [0.29, 0.717) is 11.3 Å². The molecule has 0 spiro atoms. The molecule has 1 aromatic carbocycles. The minimum Gasteiger partial charge on any atom is -0.445 e. The van der Waals surface area contributed by atoms with Gasteiger partial charge in [0.25, 0.3) is 9.84 Å². The third-order valence-corrected chi connectivity index (χ3v) is 4.40. The number of rotatable bonds is 4. The molecule has 0 aliphatic rings. The van der Waals surface area contributed by atoms with E-state index in [1.807, 2.05) is 0 Å². The van der Waals surface area contributed by atoms with E-state index >= 15 is 0 Å². The van der Waals surface area contributed by atoms with E-state index in [1.165, 1.54) is 30.5 Å². The molecule has 0 aliphatic carbocycles. The highest BCUT2D eigenvalue weighted by molar-refractivity contribution is 7.92. The third kappa shape index (κ3) is 3.50. The Morgan fingerprint density at radius 3 is 2.32 bits per heavy atom. The van der Waals surface area contributed by atoms with Crippen LogP contribution in [0.15, 0.2) is 39.8 Å². The Balaban J connectivity index is 2.19. The topological polar surface area (TPSA) is 60.2 Å². The van der Waals surface area contributed by atoms with Gasteiger partial charge in [-0.1, -0.05) is 12.1 Å². The van der Waals surface area contributed by atoms with Crippen molar-refractivity contribution < 1.29 is 26.0 Å². The normalized spacial score (nSPS) is 12.9. The molecule has 0 bridgehead atoms. The van der Waals surface area contributed by atoms with Gasteiger partial charge in [0.15, 0.2) is 0 Å². The number of alkyl halides is 4. The number of hydrogen-bond acceptors (Lipinski definition) is 4. The van der Waals surface area contributed by atoms with E-state index in [9.17, 15) is 21.6 Å². The van der Waals surface area contributed by atoms with E-state index in [1.54, 1.807) is 0 Å². The van der Waals surface area contributed by atoms with Crippen LogP contribution in [-0.2, 0) is 15.7 Å². The summed E-state index contributed by atoms with van der Waals surface area (Å²) in [5.74, 6) is 0.476. The molecule has 22 heavy (non-hydrogen) atoms. The molecule has 4 nitrogen and oxygen atoms in total. The molecular formula is C13H9ClF3NO3S. The van der Waals surface area contributed by atoms with Crippen LogP contribution in [0, 0.1) is 0 Å². The molecule has 2 aromatic rings. The monoisotopic (exact) mass is 351 g/mol. The SMILES string of the molecule is O=S(=O)(c1ccc(C=Cc2nc(CCl)co2)cc1)C(F)(F)F. The van der Waals surface area contributed by atoms with Crippen molar-refractivity contribution in [1.82, 2.24) is 4.98 Å². The van der Waals surface area contributed by atoms with Gasteiger partial charge in [-0.2, -0.15) is 13.2 Å². The van der Waals surface area contributed by atoms with Crippen LogP contribution in [0.1, 0.15) is 17.1 Å². The van der Waals surface area contributed by atoms with Crippen molar-refractivity contribution in [3.63, 3.8) is 0 Å². The Labute approximate surface area is 129 Å². The van der Waals surface area contributed by atoms with Gasteiger partial charge in [0.05, 0.1) is 16.5 Å². The molecule has 9 heteroatoms. The van der Waals surface area contributed by atoms with Crippen LogP contribution >= 0.6 is 11.6 Å². The van der Waals surface area contributed by atoms with Gasteiger partial charge in [0, 0.05) is 6.08 Å². The molecular weight excluding hydrogens is 343 g/mol. The first-order chi connectivity index (χ1) is 10.2. The second-order valence-corrected chi connectivity index (χ2v) is 6.37. The predicted molar refractivity (Wildman–Crippen MR) is 74.7 cm³/mol. The Bertz CT molecular complexity index is 780. The lowest BCUT2D eigenvalue weighted by Gasteiger charge is -2.07. The fourth-order valence-electron chi connectivity index (χ4n) is 1.52. The van der Waals surface area contributed by atoms with E-state index in [4.69, 9.17) is 16.0 Å². The maximum Gasteiger partial charge on any atom is 0.501 e. The summed E-state index contributed by atoms with van der Waals surface area (Å²) in [5.41, 5.74) is -4.28. The van der Waals surface area contributed by atoms with E-state index < -0.39 is 20.2 Å². The first-order valence-electron chi connectivity index (χ1n) is 5.84. The molecule has 0 saturated carbocycles. The summed E-state index contributed by atoms with van der Waals surface area (Å²) in [4.78, 5) is 3.20. The highest BCUT2D eigenvalue weighted by Crippen LogP contribution is 2.30. The quantitative estimate of drug-likeness (QED) is 0.784. The largest absolute Gasteiger partial charge is 0.501 e. The smallest absolute Gasteiger partial charge is 0.445 e. The number of aromatic nitrogens is 1. The van der Waals surface area contributed by atoms with Crippen LogP contribution in [0.4, 0.5) is 13.2 Å². The first-order valence-corrected chi connectivity index (χ1v) is 7.85. The molecule has 2 rings (SSSR count). The molecule has 1 aromatic heterocycles. The predicted octanol–water partition coefficient (Wildman–Crippen LogP) is 3.88. The molecule has 0 amide bonds. The molecule has 0 aliphatic heterocycles. The Morgan fingerprint density at radius 1 is 1.18 bits per heavy atom. The number of benzene rings is 1. The van der Waals surface area contributed by atoms with Crippen molar-refractivity contribution in [2.45, 2.75) is 16.3 Å². The van der Waals surface area contributed by atoms with E-state index in [2.05, 4.69) is 4.98 Å². The van der Waals surface area contributed by atoms with E-state index in [0.717, 1.165) is 12.1 Å². The Hall–Kier alpha value is -1.80. The van der Waals surface area contributed by atoms with Gasteiger partial charge in [-0.15, -0.1) is 11.6 Å². The lowest BCUT2D eigenvalue weighted by Crippen LogP contribution is -2.23. The summed E-state index contributed by atoms with van der Waals surface area (Å²) in [6.45, 7) is 0. The number of halogens is 4. The first kappa shape index (κ1) is 16.6. The van der Waals surface area contributed by atoms with Crippen LogP contribution in [0.25, 0.3) is 12.2 Å². The summed E-state index contributed by atoms with van der Waals surface area (Å²) < 4.78 is 64.6. The van der Waals surface area contributed by atoms with Crippen LogP contribution in [0.2, 0.25) is 0 Å². The minimum absolute atomic E-state index is 0.196. The summed E-state index contributed by atoms with van der Waals surface area (Å²) >= 11 is 5.56. The standard InChI is InChI=1S/C13H9ClF3NO3S/c14-7-10-8-21-12(18-10)6-3-9-1-4-11(5-2-9)22(19,20)13(15,16)17/h1-6,8H,7H2. The van der Waals surface area contributed by atoms with Gasteiger partial charge in [-0.3, -0.25) is 0 Å². The number of hydrogen-bond donors (Lipinski definition) is 0. The second kappa shape index (κ2) is 6.13. The number of oxazole rings is 1. The molecule has 1 heterocycles. The summed E-state index contributed by atoms with van der Waals surface area (Å²) in [6.07, 6.45) is 4.39. The van der Waals surface area contributed by atoms with Crippen LogP contribution in [0.5, 0.6) is 0 Å². The maximum atomic E-state index is 12.4. The van der Waals surface area contributed by atoms with Crippen molar-refractivity contribution in [3.05, 3.63) is 47.7 Å². The molecule has 118 valence electrons. The molecule has 0 atom stereocenters. The molecule has 0 radical (unpaired) electrons. The Morgan fingerprint density at radius 2 is 1.82 bits per heavy atom. The molecule has 0 unspecified atom stereocenters. The van der Waals surface area contributed by atoms with Crippen molar-refractivity contribution in [2.24, 2.45) is 0 Å². The van der Waals surface area contributed by atoms with Crippen LogP contribution < -0.4 is 0 Å². The molecule has 0 N–H and O–H groups in total. The Kier molecular flexibility index (Phi) is 4.62. The van der Waals surface area contributed by atoms with Crippen molar-refractivity contribution in [2.75, 3.05) is 0 Å². The summed E-state index contributed by atoms with van der Waals surface area (Å²) in [7, 11) is -5.33. The lowest BCUT2D eigenvalue weighted by molar-refractivity contribution is -0.0436. The van der Waals surface area contributed by atoms with Gasteiger partial charge in [0.1, 0.15) is 6.26 Å². The second-order valence-electron chi connectivity index (χ2n) is 4.16. The molecule has 0 fully saturated rings. The fourth-order valence-corrected chi connectivity index (χ4v) is 2.40. The zero-order chi connectivity index (χ0) is 16.4. The van der Waals surface area contributed by atoms with E-state index in [-0.39, 0.29) is 11.8 Å². The fraction of sp³-hybridized carbons (Fsp3) is 0.154. The van der Waals surface area contributed by atoms with Gasteiger partial charge >= 0.3 is 5.51 Å². The third-order valence-electron chi connectivity index (χ3n) is 2.62. The summed E-state index contributed by atoms with van der Waals surface area (Å²) in [6, 6.07) is 4.28. The van der Waals surface area contributed by atoms with Gasteiger partial charge in [-0.05, 0) is 23.8 Å². The summed E-state index contributed by atoms with van der Waals surface area (Å²) in [5, 5.41) is 0. The average Bonchev–Trinajstić information content (AvgIpc) is 2.92. The van der Waals surface area contributed by atoms with Gasteiger partial charge < -0.3 is 4.42 Å². The number of sulfone groups is 1. The van der Waals surface area contributed by atoms with Crippen molar-refractivity contribution in [1.29, 1.82) is 0 Å². The van der Waals surface area contributed by atoms with Gasteiger partial charge in [-0.25, -0.2) is 13.4 Å². The van der Waals surface area contributed by atoms with Crippen molar-refractivity contribution >= 4 is 33.6 Å². The van der Waals surface area contributed by atoms with Gasteiger partial charge in [0.2, 0.25) is 5.89 Å². The molecule has 0 saturated heterocycles. The van der Waals surface area contributed by atoms with Crippen molar-refractivity contribution in [3.8, 4) is 0 Å². The van der Waals surface area contributed by atoms with Crippen LogP contribution in [-0.4, -0.2) is 18.9 Å². The average molecular weight is 352 g/mol. The minimum atomic E-state index is -5.33. The highest BCUT2D eigenvalue weighted by atomic mass is 35.5. The lowest BCUT2D eigenvalue weighted by atomic mass is 10.2. The van der Waals surface area contributed by atoms with Crippen LogP contribution in [0.3, 0.4) is 0 Å².